The molecule has 0 saturated carbocycles. The SMILES string of the molecule is COc1ccc(CN2CCC[C@@H](c3[nH]nc4nccnc34)C2)cc1OC. The molecule has 0 amide bonds. The van der Waals surface area contributed by atoms with Gasteiger partial charge in [0, 0.05) is 31.4 Å². The van der Waals surface area contributed by atoms with Crippen LogP contribution < -0.4 is 9.47 Å². The molecule has 0 bridgehead atoms. The van der Waals surface area contributed by atoms with Crippen molar-refractivity contribution in [3.8, 4) is 11.5 Å². The number of likely N-dealkylation sites (tertiary alicyclic amines) is 1. The fourth-order valence-corrected chi connectivity index (χ4v) is 3.73. The van der Waals surface area contributed by atoms with E-state index in [2.05, 4.69) is 37.2 Å². The molecule has 4 rings (SSSR count). The highest BCUT2D eigenvalue weighted by Gasteiger charge is 2.25. The summed E-state index contributed by atoms with van der Waals surface area (Å²) in [6.07, 6.45) is 5.69. The van der Waals surface area contributed by atoms with E-state index in [1.165, 1.54) is 5.56 Å². The smallest absolute Gasteiger partial charge is 0.199 e. The zero-order chi connectivity index (χ0) is 17.9. The predicted octanol–water partition coefficient (Wildman–Crippen LogP) is 2.75. The summed E-state index contributed by atoms with van der Waals surface area (Å²) in [4.78, 5) is 11.2. The van der Waals surface area contributed by atoms with Crippen LogP contribution in [-0.2, 0) is 6.54 Å². The van der Waals surface area contributed by atoms with Crippen LogP contribution in [0.2, 0.25) is 0 Å². The molecular weight excluding hydrogens is 330 g/mol. The van der Waals surface area contributed by atoms with Gasteiger partial charge in [0.05, 0.1) is 19.9 Å². The molecule has 26 heavy (non-hydrogen) atoms. The number of benzene rings is 1. The molecule has 1 N–H and O–H groups in total. The molecule has 0 unspecified atom stereocenters. The van der Waals surface area contributed by atoms with Gasteiger partial charge in [-0.15, -0.1) is 0 Å². The second-order valence-corrected chi connectivity index (χ2v) is 6.63. The van der Waals surface area contributed by atoms with Crippen LogP contribution in [0, 0.1) is 0 Å². The van der Waals surface area contributed by atoms with Crippen LogP contribution in [-0.4, -0.2) is 52.4 Å². The third kappa shape index (κ3) is 3.22. The first-order chi connectivity index (χ1) is 12.8. The number of nitrogens with zero attached hydrogens (tertiary/aromatic N) is 4. The van der Waals surface area contributed by atoms with E-state index in [1.807, 2.05) is 6.07 Å². The van der Waals surface area contributed by atoms with Gasteiger partial charge in [0.2, 0.25) is 0 Å². The zero-order valence-corrected chi connectivity index (χ0v) is 15.1. The molecule has 3 heterocycles. The van der Waals surface area contributed by atoms with Crippen LogP contribution in [0.4, 0.5) is 0 Å². The quantitative estimate of drug-likeness (QED) is 0.760. The van der Waals surface area contributed by atoms with Crippen molar-refractivity contribution in [2.45, 2.75) is 25.3 Å². The van der Waals surface area contributed by atoms with Gasteiger partial charge >= 0.3 is 0 Å². The van der Waals surface area contributed by atoms with Gasteiger partial charge in [-0.25, -0.2) is 9.97 Å². The summed E-state index contributed by atoms with van der Waals surface area (Å²) in [6, 6.07) is 6.12. The minimum absolute atomic E-state index is 0.394. The van der Waals surface area contributed by atoms with Crippen molar-refractivity contribution >= 4 is 11.2 Å². The van der Waals surface area contributed by atoms with Gasteiger partial charge in [0.1, 0.15) is 5.52 Å². The lowest BCUT2D eigenvalue weighted by atomic mass is 9.94. The van der Waals surface area contributed by atoms with Crippen LogP contribution in [0.3, 0.4) is 0 Å². The van der Waals surface area contributed by atoms with Crippen molar-refractivity contribution in [1.82, 2.24) is 25.1 Å². The lowest BCUT2D eigenvalue weighted by Gasteiger charge is -2.32. The maximum absolute atomic E-state index is 5.42. The van der Waals surface area contributed by atoms with Crippen LogP contribution in [0.25, 0.3) is 11.2 Å². The molecule has 1 saturated heterocycles. The molecule has 0 radical (unpaired) electrons. The number of piperidine rings is 1. The number of fused-ring (bicyclic) bond motifs is 1. The standard InChI is InChI=1S/C19H23N5O2/c1-25-15-6-5-13(10-16(15)26-2)11-24-9-3-4-14(12-24)17-18-19(23-22-17)21-8-7-20-18/h5-8,10,14H,3-4,9,11-12H2,1-2H3,(H,21,22,23)/t14-/m1/s1. The van der Waals surface area contributed by atoms with Gasteiger partial charge in [-0.2, -0.15) is 5.10 Å². The largest absolute Gasteiger partial charge is 0.493 e. The summed E-state index contributed by atoms with van der Waals surface area (Å²) in [5.41, 5.74) is 3.91. The van der Waals surface area contributed by atoms with Crippen molar-refractivity contribution in [3.63, 3.8) is 0 Å². The molecule has 1 aromatic carbocycles. The monoisotopic (exact) mass is 353 g/mol. The van der Waals surface area contributed by atoms with E-state index in [-0.39, 0.29) is 0 Å². The normalized spacial score (nSPS) is 18.2. The Bertz CT molecular complexity index is 895. The summed E-state index contributed by atoms with van der Waals surface area (Å²) < 4.78 is 10.7. The number of rotatable bonds is 5. The minimum atomic E-state index is 0.394. The van der Waals surface area contributed by atoms with Crippen molar-refractivity contribution in [3.05, 3.63) is 41.9 Å². The van der Waals surface area contributed by atoms with Crippen molar-refractivity contribution in [1.29, 1.82) is 0 Å². The maximum Gasteiger partial charge on any atom is 0.199 e. The van der Waals surface area contributed by atoms with Crippen LogP contribution in [0.15, 0.2) is 30.6 Å². The molecule has 7 heteroatoms. The lowest BCUT2D eigenvalue weighted by Crippen LogP contribution is -2.34. The first kappa shape index (κ1) is 16.8. The number of hydrogen-bond donors (Lipinski definition) is 1. The first-order valence-corrected chi connectivity index (χ1v) is 8.86. The highest BCUT2D eigenvalue weighted by atomic mass is 16.5. The fourth-order valence-electron chi connectivity index (χ4n) is 3.73. The first-order valence-electron chi connectivity index (χ1n) is 8.86. The topological polar surface area (TPSA) is 76.2 Å². The van der Waals surface area contributed by atoms with Crippen LogP contribution in [0.1, 0.15) is 30.0 Å². The second-order valence-electron chi connectivity index (χ2n) is 6.63. The molecule has 3 aromatic rings. The van der Waals surface area contributed by atoms with Crippen molar-refractivity contribution in [2.75, 3.05) is 27.3 Å². The summed E-state index contributed by atoms with van der Waals surface area (Å²) >= 11 is 0. The van der Waals surface area contributed by atoms with Crippen molar-refractivity contribution < 1.29 is 9.47 Å². The molecular formula is C19H23N5O2. The van der Waals surface area contributed by atoms with Gasteiger partial charge in [-0.1, -0.05) is 6.07 Å². The Morgan fingerprint density at radius 2 is 2.00 bits per heavy atom. The Hall–Kier alpha value is -2.67. The fraction of sp³-hybridized carbons (Fsp3) is 0.421. The zero-order valence-electron chi connectivity index (χ0n) is 15.1. The molecule has 0 aliphatic carbocycles. The van der Waals surface area contributed by atoms with E-state index in [0.717, 1.165) is 55.2 Å². The molecule has 136 valence electrons. The molecule has 2 aromatic heterocycles. The molecule has 7 nitrogen and oxygen atoms in total. The van der Waals surface area contributed by atoms with E-state index < -0.39 is 0 Å². The summed E-state index contributed by atoms with van der Waals surface area (Å²) in [5.74, 6) is 1.93. The maximum atomic E-state index is 5.42. The number of ether oxygens (including phenoxy) is 2. The average molecular weight is 353 g/mol. The number of nitrogens with one attached hydrogen (secondary N) is 1. The number of aromatic amines is 1. The Morgan fingerprint density at radius 1 is 1.15 bits per heavy atom. The summed E-state index contributed by atoms with van der Waals surface area (Å²) in [5, 5.41) is 7.46. The minimum Gasteiger partial charge on any atom is -0.493 e. The molecule has 0 spiro atoms. The van der Waals surface area contributed by atoms with E-state index >= 15 is 0 Å². The van der Waals surface area contributed by atoms with Crippen molar-refractivity contribution in [2.24, 2.45) is 0 Å². The number of methoxy groups -OCH3 is 2. The van der Waals surface area contributed by atoms with Gasteiger partial charge < -0.3 is 9.47 Å². The number of H-pyrrole nitrogens is 1. The highest BCUT2D eigenvalue weighted by molar-refractivity contribution is 5.72. The van der Waals surface area contributed by atoms with Crippen LogP contribution >= 0.6 is 0 Å². The Morgan fingerprint density at radius 3 is 2.85 bits per heavy atom. The predicted molar refractivity (Wildman–Crippen MR) is 98.5 cm³/mol. The van der Waals surface area contributed by atoms with E-state index in [9.17, 15) is 0 Å². The van der Waals surface area contributed by atoms with Gasteiger partial charge in [0.15, 0.2) is 17.1 Å². The summed E-state index contributed by atoms with van der Waals surface area (Å²) in [7, 11) is 3.33. The molecule has 1 atom stereocenters. The van der Waals surface area contributed by atoms with Gasteiger partial charge in [-0.3, -0.25) is 10.00 Å². The number of hydrogen-bond acceptors (Lipinski definition) is 6. The third-order valence-electron chi connectivity index (χ3n) is 4.98. The Labute approximate surface area is 152 Å². The molecule has 1 aliphatic heterocycles. The van der Waals surface area contributed by atoms with E-state index in [4.69, 9.17) is 9.47 Å². The summed E-state index contributed by atoms with van der Waals surface area (Å²) in [6.45, 7) is 2.94. The Kier molecular flexibility index (Phi) is 4.71. The van der Waals surface area contributed by atoms with Gasteiger partial charge in [0.25, 0.3) is 0 Å². The highest BCUT2D eigenvalue weighted by Crippen LogP contribution is 2.31. The van der Waals surface area contributed by atoms with E-state index in [1.54, 1.807) is 26.6 Å². The third-order valence-corrected chi connectivity index (χ3v) is 4.98. The van der Waals surface area contributed by atoms with Gasteiger partial charge in [-0.05, 0) is 37.1 Å². The number of aromatic nitrogens is 4. The lowest BCUT2D eigenvalue weighted by molar-refractivity contribution is 0.198. The Balaban J connectivity index is 1.50. The average Bonchev–Trinajstić information content (AvgIpc) is 3.12. The second kappa shape index (κ2) is 7.29. The molecule has 1 fully saturated rings. The van der Waals surface area contributed by atoms with E-state index in [0.29, 0.717) is 11.6 Å². The van der Waals surface area contributed by atoms with Crippen LogP contribution in [0.5, 0.6) is 11.5 Å². The molecule has 1 aliphatic rings.